The minimum atomic E-state index is -0.492. The first-order valence-electron chi connectivity index (χ1n) is 8.19. The average molecular weight is 363 g/mol. The zero-order valence-corrected chi connectivity index (χ0v) is 14.6. The third-order valence-electron chi connectivity index (χ3n) is 3.86. The molecule has 3 aromatic carbocycles. The van der Waals surface area contributed by atoms with E-state index in [2.05, 4.69) is 10.2 Å². The van der Waals surface area contributed by atoms with Gasteiger partial charge in [-0.15, -0.1) is 10.2 Å². The Labute approximate surface area is 155 Å². The van der Waals surface area contributed by atoms with Gasteiger partial charge in [-0.2, -0.15) is 0 Å². The summed E-state index contributed by atoms with van der Waals surface area (Å²) in [5.74, 6) is 0.468. The van der Waals surface area contributed by atoms with Gasteiger partial charge in [-0.1, -0.05) is 36.4 Å². The molecule has 0 heterocycles. The van der Waals surface area contributed by atoms with E-state index in [1.165, 1.54) is 18.2 Å². The molecule has 1 N–H and O–H groups in total. The van der Waals surface area contributed by atoms with Gasteiger partial charge >= 0.3 is 0 Å². The summed E-state index contributed by atoms with van der Waals surface area (Å²) in [6, 6.07) is 18.7. The third kappa shape index (κ3) is 4.66. The number of ether oxygens (including phenoxy) is 1. The monoisotopic (exact) mass is 363 g/mol. The number of nitro benzene ring substituents is 1. The van der Waals surface area contributed by atoms with Crippen molar-refractivity contribution in [3.63, 3.8) is 0 Å². The summed E-state index contributed by atoms with van der Waals surface area (Å²) in [4.78, 5) is 10.4. The molecule has 0 bridgehead atoms. The topological polar surface area (TPSA) is 97.3 Å². The highest BCUT2D eigenvalue weighted by Gasteiger charge is 2.09. The van der Waals surface area contributed by atoms with Gasteiger partial charge < -0.3 is 9.84 Å². The molecule has 0 atom stereocenters. The highest BCUT2D eigenvalue weighted by Crippen LogP contribution is 2.33. The molecule has 27 heavy (non-hydrogen) atoms. The average Bonchev–Trinajstić information content (AvgIpc) is 2.68. The Bertz CT molecular complexity index is 988. The zero-order valence-electron chi connectivity index (χ0n) is 14.6. The lowest BCUT2D eigenvalue weighted by Crippen LogP contribution is -1.94. The van der Waals surface area contributed by atoms with Crippen molar-refractivity contribution in [2.75, 3.05) is 0 Å². The van der Waals surface area contributed by atoms with Crippen molar-refractivity contribution in [2.24, 2.45) is 10.2 Å². The molecule has 7 nitrogen and oxygen atoms in total. The molecule has 0 aliphatic carbocycles. The van der Waals surface area contributed by atoms with Crippen molar-refractivity contribution in [1.82, 2.24) is 0 Å². The molecule has 0 aliphatic heterocycles. The van der Waals surface area contributed by atoms with Gasteiger partial charge in [0, 0.05) is 18.2 Å². The molecular weight excluding hydrogens is 346 g/mol. The van der Waals surface area contributed by atoms with Crippen LogP contribution in [0, 0.1) is 17.0 Å². The molecule has 0 aromatic heterocycles. The van der Waals surface area contributed by atoms with E-state index in [9.17, 15) is 15.2 Å². The minimum absolute atomic E-state index is 0.0612. The van der Waals surface area contributed by atoms with Crippen LogP contribution in [0.3, 0.4) is 0 Å². The fraction of sp³-hybridized carbons (Fsp3) is 0.100. The maximum Gasteiger partial charge on any atom is 0.271 e. The molecule has 3 rings (SSSR count). The number of aromatic hydroxyl groups is 1. The Morgan fingerprint density at radius 1 is 1.00 bits per heavy atom. The van der Waals surface area contributed by atoms with Crippen LogP contribution in [0.1, 0.15) is 11.1 Å². The molecule has 3 aromatic rings. The number of benzene rings is 3. The molecule has 136 valence electrons. The predicted molar refractivity (Wildman–Crippen MR) is 101 cm³/mol. The standard InChI is InChI=1S/C20H17N3O4/c1-14-7-8-16(23(25)26)11-18(14)21-22-19-12-17(9-10-20(19)24)27-13-15-5-3-2-4-6-15/h2-12,24H,13H2,1H3. The number of nitro groups is 1. The fourth-order valence-electron chi connectivity index (χ4n) is 2.34. The van der Waals surface area contributed by atoms with Crippen molar-refractivity contribution in [3.8, 4) is 11.5 Å². The molecule has 0 amide bonds. The molecule has 0 aliphatic rings. The lowest BCUT2D eigenvalue weighted by atomic mass is 10.2. The second kappa shape index (κ2) is 8.09. The van der Waals surface area contributed by atoms with Crippen molar-refractivity contribution < 1.29 is 14.8 Å². The molecule has 0 radical (unpaired) electrons. The van der Waals surface area contributed by atoms with Crippen molar-refractivity contribution >= 4 is 17.1 Å². The summed E-state index contributed by atoms with van der Waals surface area (Å²) < 4.78 is 5.71. The van der Waals surface area contributed by atoms with Gasteiger partial charge in [-0.05, 0) is 30.2 Å². The zero-order chi connectivity index (χ0) is 19.2. The van der Waals surface area contributed by atoms with Crippen molar-refractivity contribution in [1.29, 1.82) is 0 Å². The number of phenols is 1. The molecule has 0 spiro atoms. The van der Waals surface area contributed by atoms with Crippen molar-refractivity contribution in [3.05, 3.63) is 88.0 Å². The first-order valence-corrected chi connectivity index (χ1v) is 8.19. The van der Waals surface area contributed by atoms with Gasteiger partial charge in [0.1, 0.15) is 23.8 Å². The molecule has 0 fully saturated rings. The van der Waals surface area contributed by atoms with Gasteiger partial charge in [0.25, 0.3) is 5.69 Å². The maximum absolute atomic E-state index is 10.9. The van der Waals surface area contributed by atoms with Crippen LogP contribution in [0.25, 0.3) is 0 Å². The Morgan fingerprint density at radius 3 is 2.48 bits per heavy atom. The van der Waals surface area contributed by atoms with Crippen LogP contribution in [0.2, 0.25) is 0 Å². The van der Waals surface area contributed by atoms with Gasteiger partial charge in [0.05, 0.1) is 10.6 Å². The predicted octanol–water partition coefficient (Wildman–Crippen LogP) is 5.60. The summed E-state index contributed by atoms with van der Waals surface area (Å²) in [5.41, 5.74) is 2.26. The first kappa shape index (κ1) is 18.1. The fourth-order valence-corrected chi connectivity index (χ4v) is 2.34. The lowest BCUT2D eigenvalue weighted by molar-refractivity contribution is -0.384. The maximum atomic E-state index is 10.9. The van der Waals surface area contributed by atoms with E-state index in [1.807, 2.05) is 30.3 Å². The number of phenolic OH excluding ortho intramolecular Hbond substituents is 1. The van der Waals surface area contributed by atoms with Crippen LogP contribution < -0.4 is 4.74 Å². The smallest absolute Gasteiger partial charge is 0.271 e. The number of non-ortho nitro benzene ring substituents is 1. The molecule has 0 saturated carbocycles. The Kier molecular flexibility index (Phi) is 5.41. The first-order chi connectivity index (χ1) is 13.0. The van der Waals surface area contributed by atoms with Crippen LogP contribution in [0.4, 0.5) is 17.1 Å². The molecular formula is C20H17N3O4. The van der Waals surface area contributed by atoms with E-state index >= 15 is 0 Å². The van der Waals surface area contributed by atoms with E-state index in [0.29, 0.717) is 18.0 Å². The van der Waals surface area contributed by atoms with Crippen LogP contribution >= 0.6 is 0 Å². The van der Waals surface area contributed by atoms with Crippen LogP contribution in [0.15, 0.2) is 77.0 Å². The lowest BCUT2D eigenvalue weighted by Gasteiger charge is -2.07. The van der Waals surface area contributed by atoms with E-state index in [-0.39, 0.29) is 17.1 Å². The highest BCUT2D eigenvalue weighted by atomic mass is 16.6. The van der Waals surface area contributed by atoms with Gasteiger partial charge in [-0.3, -0.25) is 10.1 Å². The van der Waals surface area contributed by atoms with Crippen LogP contribution in [-0.4, -0.2) is 10.0 Å². The van der Waals surface area contributed by atoms with Crippen molar-refractivity contribution in [2.45, 2.75) is 13.5 Å². The number of nitrogens with zero attached hydrogens (tertiary/aromatic N) is 3. The summed E-state index contributed by atoms with van der Waals surface area (Å²) in [6.07, 6.45) is 0. The van der Waals surface area contributed by atoms with E-state index in [1.54, 1.807) is 25.1 Å². The number of hydrogen-bond acceptors (Lipinski definition) is 6. The van der Waals surface area contributed by atoms with Gasteiger partial charge in [0.15, 0.2) is 0 Å². The Balaban J connectivity index is 1.79. The molecule has 0 unspecified atom stereocenters. The number of aryl methyl sites for hydroxylation is 1. The number of hydrogen-bond donors (Lipinski definition) is 1. The van der Waals surface area contributed by atoms with Crippen LogP contribution in [0.5, 0.6) is 11.5 Å². The summed E-state index contributed by atoms with van der Waals surface area (Å²) in [6.45, 7) is 2.16. The normalized spacial score (nSPS) is 10.9. The third-order valence-corrected chi connectivity index (χ3v) is 3.86. The highest BCUT2D eigenvalue weighted by molar-refractivity contribution is 5.56. The number of rotatable bonds is 6. The van der Waals surface area contributed by atoms with E-state index < -0.39 is 4.92 Å². The minimum Gasteiger partial charge on any atom is -0.506 e. The quantitative estimate of drug-likeness (QED) is 0.350. The Morgan fingerprint density at radius 2 is 1.74 bits per heavy atom. The van der Waals surface area contributed by atoms with E-state index in [0.717, 1.165) is 11.1 Å². The van der Waals surface area contributed by atoms with Gasteiger partial charge in [0.2, 0.25) is 0 Å². The summed E-state index contributed by atoms with van der Waals surface area (Å²) in [5, 5.41) is 29.0. The largest absolute Gasteiger partial charge is 0.506 e. The van der Waals surface area contributed by atoms with E-state index in [4.69, 9.17) is 4.74 Å². The number of azo groups is 1. The van der Waals surface area contributed by atoms with Crippen LogP contribution in [-0.2, 0) is 6.61 Å². The SMILES string of the molecule is Cc1ccc([N+](=O)[O-])cc1N=Nc1cc(OCc2ccccc2)ccc1O. The Hall–Kier alpha value is -3.74. The summed E-state index contributed by atoms with van der Waals surface area (Å²) in [7, 11) is 0. The van der Waals surface area contributed by atoms with Gasteiger partial charge in [-0.25, -0.2) is 0 Å². The summed E-state index contributed by atoms with van der Waals surface area (Å²) >= 11 is 0. The molecule has 7 heteroatoms. The molecule has 0 saturated heterocycles. The second-order valence-electron chi connectivity index (χ2n) is 5.85. The second-order valence-corrected chi connectivity index (χ2v) is 5.85.